The van der Waals surface area contributed by atoms with Crippen molar-refractivity contribution in [3.05, 3.63) is 70.3 Å². The predicted octanol–water partition coefficient (Wildman–Crippen LogP) is 6.73. The summed E-state index contributed by atoms with van der Waals surface area (Å²) >= 11 is 14.6. The van der Waals surface area contributed by atoms with Crippen molar-refractivity contribution in [1.82, 2.24) is 10.3 Å². The molecule has 0 bridgehead atoms. The average Bonchev–Trinajstić information content (AvgIpc) is 2.91. The first-order valence-electron chi connectivity index (χ1n) is 12.1. The fraction of sp³-hybridized carbons (Fsp3) is 0.259. The van der Waals surface area contributed by atoms with E-state index in [0.29, 0.717) is 17.6 Å². The lowest BCUT2D eigenvalue weighted by Gasteiger charge is -2.25. The van der Waals surface area contributed by atoms with Crippen LogP contribution in [0, 0.1) is 0 Å². The summed E-state index contributed by atoms with van der Waals surface area (Å²) in [5.74, 6) is -0.356. The van der Waals surface area contributed by atoms with Crippen molar-refractivity contribution in [1.29, 1.82) is 0 Å². The second-order valence-corrected chi connectivity index (χ2v) is 10.8. The van der Waals surface area contributed by atoms with Gasteiger partial charge in [0.15, 0.2) is 17.2 Å². The van der Waals surface area contributed by atoms with Gasteiger partial charge in [-0.05, 0) is 30.5 Å². The molecule has 1 heterocycles. The van der Waals surface area contributed by atoms with Crippen LogP contribution in [-0.2, 0) is 16.2 Å². The largest absolute Gasteiger partial charge is 0.486 e. The first-order valence-corrected chi connectivity index (χ1v) is 13.7. The third-order valence-electron chi connectivity index (χ3n) is 5.84. The predicted molar refractivity (Wildman–Crippen MR) is 151 cm³/mol. The van der Waals surface area contributed by atoms with Gasteiger partial charge in [0.05, 0.1) is 26.8 Å². The zero-order chi connectivity index (χ0) is 28.6. The summed E-state index contributed by atoms with van der Waals surface area (Å²) in [6, 6.07) is 14.3. The molecule has 210 valence electrons. The molecule has 0 aliphatic heterocycles. The highest BCUT2D eigenvalue weighted by Gasteiger charge is 2.24. The number of anilines is 1. The zero-order valence-corrected chi connectivity index (χ0v) is 23.5. The Labute approximate surface area is 243 Å². The number of rotatable bonds is 12. The fourth-order valence-corrected chi connectivity index (χ4v) is 5.41. The summed E-state index contributed by atoms with van der Waals surface area (Å²) in [4.78, 5) is 27.4. The van der Waals surface area contributed by atoms with Gasteiger partial charge in [0.25, 0.3) is 12.3 Å². The van der Waals surface area contributed by atoms with Gasteiger partial charge in [0.1, 0.15) is 6.61 Å². The molecule has 13 heteroatoms. The van der Waals surface area contributed by atoms with Gasteiger partial charge in [0.2, 0.25) is 12.3 Å². The summed E-state index contributed by atoms with van der Waals surface area (Å²) < 4.78 is 38.6. The summed E-state index contributed by atoms with van der Waals surface area (Å²) in [5.41, 5.74) is 0.0658. The molecule has 0 saturated heterocycles. The van der Waals surface area contributed by atoms with Crippen molar-refractivity contribution in [2.24, 2.45) is 5.10 Å². The third-order valence-corrected chi connectivity index (χ3v) is 7.78. The molecule has 1 aliphatic rings. The topological polar surface area (TPSA) is 93.1 Å². The van der Waals surface area contributed by atoms with E-state index in [1.54, 1.807) is 29.3 Å². The summed E-state index contributed by atoms with van der Waals surface area (Å²) in [6.07, 6.45) is 1.76. The van der Waals surface area contributed by atoms with E-state index in [2.05, 4.69) is 10.1 Å². The number of imide groups is 1. The molecule has 1 fully saturated rings. The molecule has 1 aromatic heterocycles. The first kappa shape index (κ1) is 29.6. The van der Waals surface area contributed by atoms with Gasteiger partial charge in [-0.1, -0.05) is 60.0 Å². The molecule has 0 atom stereocenters. The van der Waals surface area contributed by atoms with Gasteiger partial charge >= 0.3 is 0 Å². The fourth-order valence-electron chi connectivity index (χ4n) is 3.54. The van der Waals surface area contributed by atoms with E-state index in [1.807, 2.05) is 30.3 Å². The Kier molecular flexibility index (Phi) is 10.2. The molecule has 3 aromatic rings. The number of amides is 2. The molecule has 0 radical (unpaired) electrons. The Bertz CT molecular complexity index is 1370. The van der Waals surface area contributed by atoms with Crippen molar-refractivity contribution in [2.45, 2.75) is 42.4 Å². The van der Waals surface area contributed by atoms with Crippen molar-refractivity contribution in [2.75, 3.05) is 12.1 Å². The monoisotopic (exact) mass is 608 g/mol. The van der Waals surface area contributed by atoms with Crippen molar-refractivity contribution in [3.8, 4) is 17.4 Å². The number of hydrogen-bond donors (Lipinski definition) is 1. The first-order chi connectivity index (χ1) is 19.2. The normalized spacial score (nSPS) is 13.5. The molecule has 40 heavy (non-hydrogen) atoms. The van der Waals surface area contributed by atoms with E-state index >= 15 is 0 Å². The number of carbonyl (C=O) groups is 2. The number of hydrogen-bond acceptors (Lipinski definition) is 8. The van der Waals surface area contributed by atoms with E-state index < -0.39 is 18.0 Å². The molecule has 1 N–H and O–H groups in total. The maximum absolute atomic E-state index is 13.3. The summed E-state index contributed by atoms with van der Waals surface area (Å²) in [7, 11) is 1.32. The third kappa shape index (κ3) is 7.61. The second-order valence-electron chi connectivity index (χ2n) is 8.66. The molecule has 2 amide bonds. The van der Waals surface area contributed by atoms with Gasteiger partial charge in [-0.3, -0.25) is 19.9 Å². The van der Waals surface area contributed by atoms with Gasteiger partial charge in [0, 0.05) is 18.4 Å². The number of pyridine rings is 1. The number of hydrazone groups is 1. The van der Waals surface area contributed by atoms with E-state index in [0.717, 1.165) is 28.3 Å². The van der Waals surface area contributed by atoms with Crippen LogP contribution in [0.25, 0.3) is 0 Å². The molecule has 0 spiro atoms. The van der Waals surface area contributed by atoms with Crippen LogP contribution in [0.15, 0.2) is 64.7 Å². The quantitative estimate of drug-likeness (QED) is 0.138. The van der Waals surface area contributed by atoms with Crippen LogP contribution in [-0.4, -0.2) is 41.7 Å². The molecule has 4 rings (SSSR count). The van der Waals surface area contributed by atoms with E-state index in [-0.39, 0.29) is 33.8 Å². The molecular formula is C27H24Cl2F2N4O4S. The van der Waals surface area contributed by atoms with Crippen LogP contribution in [0.5, 0.6) is 17.4 Å². The minimum absolute atomic E-state index is 0.00772. The Morgan fingerprint density at radius 2 is 1.93 bits per heavy atom. The minimum atomic E-state index is -3.23. The standard InChI is InChI=1S/C27H24Cl2F2N4O4S/c1-35(34-24(26(30)31)27(37)33-15-36)17-10-19(28)25(20(29)11-17)39-23-12-22(40-18-8-5-9-18)21(13-32-23)38-14-16-6-3-2-4-7-16/h2-4,6-7,10-13,15,18,26H,5,8-9,14H2,1H3,(H,33,36,37)/b34-24-. The van der Waals surface area contributed by atoms with Gasteiger partial charge in [-0.2, -0.15) is 5.10 Å². The Morgan fingerprint density at radius 3 is 2.52 bits per heavy atom. The SMILES string of the molecule is CN(/N=C(\C(=O)NC=O)C(F)F)c1cc(Cl)c(Oc2cc(SC3CCC3)c(OCc3ccccc3)cn2)c(Cl)c1. The van der Waals surface area contributed by atoms with Crippen LogP contribution in [0.2, 0.25) is 10.0 Å². The number of carbonyl (C=O) groups excluding carboxylic acids is 2. The number of nitrogens with one attached hydrogen (secondary N) is 1. The number of nitrogens with zero attached hydrogens (tertiary/aromatic N) is 3. The lowest BCUT2D eigenvalue weighted by atomic mass is 10.0. The lowest BCUT2D eigenvalue weighted by Crippen LogP contribution is -2.36. The van der Waals surface area contributed by atoms with Crippen LogP contribution in [0.3, 0.4) is 0 Å². The van der Waals surface area contributed by atoms with Crippen LogP contribution < -0.4 is 19.8 Å². The lowest BCUT2D eigenvalue weighted by molar-refractivity contribution is -0.120. The van der Waals surface area contributed by atoms with Gasteiger partial charge in [-0.25, -0.2) is 13.8 Å². The number of ether oxygens (including phenoxy) is 2. The maximum atomic E-state index is 13.3. The summed E-state index contributed by atoms with van der Waals surface area (Å²) in [5, 5.41) is 6.81. The van der Waals surface area contributed by atoms with Crippen LogP contribution in [0.4, 0.5) is 14.5 Å². The Morgan fingerprint density at radius 1 is 1.23 bits per heavy atom. The highest BCUT2D eigenvalue weighted by atomic mass is 35.5. The van der Waals surface area contributed by atoms with E-state index in [4.69, 9.17) is 32.7 Å². The second kappa shape index (κ2) is 13.8. The molecule has 2 aromatic carbocycles. The zero-order valence-electron chi connectivity index (χ0n) is 21.2. The Hall–Kier alpha value is -3.41. The van der Waals surface area contributed by atoms with Crippen LogP contribution in [0.1, 0.15) is 24.8 Å². The molecule has 1 aliphatic carbocycles. The smallest absolute Gasteiger partial charge is 0.287 e. The van der Waals surface area contributed by atoms with Crippen molar-refractivity contribution >= 4 is 58.7 Å². The van der Waals surface area contributed by atoms with Crippen molar-refractivity contribution < 1.29 is 27.8 Å². The highest BCUT2D eigenvalue weighted by molar-refractivity contribution is 8.00. The molecule has 1 saturated carbocycles. The number of benzene rings is 2. The average molecular weight is 609 g/mol. The van der Waals surface area contributed by atoms with E-state index in [1.165, 1.54) is 25.6 Å². The van der Waals surface area contributed by atoms with Gasteiger partial charge in [-0.15, -0.1) is 11.8 Å². The van der Waals surface area contributed by atoms with Gasteiger partial charge < -0.3 is 9.47 Å². The maximum Gasteiger partial charge on any atom is 0.287 e. The number of halogens is 4. The highest BCUT2D eigenvalue weighted by Crippen LogP contribution is 2.44. The molecular weight excluding hydrogens is 585 g/mol. The van der Waals surface area contributed by atoms with Crippen molar-refractivity contribution in [3.63, 3.8) is 0 Å². The van der Waals surface area contributed by atoms with E-state index in [9.17, 15) is 18.4 Å². The number of aromatic nitrogens is 1. The molecule has 0 unspecified atom stereocenters. The number of alkyl halides is 2. The Balaban J connectivity index is 1.55. The number of thioether (sulfide) groups is 1. The minimum Gasteiger partial charge on any atom is -0.486 e. The summed E-state index contributed by atoms with van der Waals surface area (Å²) in [6.45, 7) is 0.389. The van der Waals surface area contributed by atoms with Crippen LogP contribution >= 0.6 is 35.0 Å². The molecule has 8 nitrogen and oxygen atoms in total.